The number of carbonyl (C=O) groups excluding carboxylic acids is 1. The summed E-state index contributed by atoms with van der Waals surface area (Å²) in [6.45, 7) is 3.44. The van der Waals surface area contributed by atoms with Crippen molar-refractivity contribution in [3.63, 3.8) is 0 Å². The first kappa shape index (κ1) is 18.9. The van der Waals surface area contributed by atoms with E-state index in [1.165, 1.54) is 43.4 Å². The highest BCUT2D eigenvalue weighted by molar-refractivity contribution is 6.06. The molecule has 2 aromatic carbocycles. The number of morpholine rings is 1. The molecule has 3 heteroatoms. The summed E-state index contributed by atoms with van der Waals surface area (Å²) < 4.78 is 5.40. The second kappa shape index (κ2) is 9.20. The molecule has 0 spiro atoms. The van der Waals surface area contributed by atoms with E-state index < -0.39 is 0 Å². The number of carbonyl (C=O) groups is 1. The second-order valence-electron chi connectivity index (χ2n) is 7.85. The number of anilines is 1. The average Bonchev–Trinajstić information content (AvgIpc) is 2.79. The van der Waals surface area contributed by atoms with Crippen molar-refractivity contribution in [3.8, 4) is 0 Å². The normalized spacial score (nSPS) is 18.5. The largest absolute Gasteiger partial charge is 0.378 e. The van der Waals surface area contributed by atoms with E-state index in [4.69, 9.17) is 4.74 Å². The lowest BCUT2D eigenvalue weighted by Crippen LogP contribution is -2.36. The van der Waals surface area contributed by atoms with Gasteiger partial charge in [0.2, 0.25) is 0 Å². The minimum Gasteiger partial charge on any atom is -0.378 e. The highest BCUT2D eigenvalue weighted by atomic mass is 16.5. The molecule has 2 fully saturated rings. The van der Waals surface area contributed by atoms with E-state index in [1.807, 2.05) is 18.2 Å². The lowest BCUT2D eigenvalue weighted by molar-refractivity contribution is 0.104. The van der Waals surface area contributed by atoms with Gasteiger partial charge in [-0.15, -0.1) is 0 Å². The Balaban J connectivity index is 1.36. The summed E-state index contributed by atoms with van der Waals surface area (Å²) in [5.74, 6) is 0.742. The van der Waals surface area contributed by atoms with Gasteiger partial charge in [0, 0.05) is 24.3 Å². The molecule has 0 bridgehead atoms. The van der Waals surface area contributed by atoms with E-state index >= 15 is 0 Å². The van der Waals surface area contributed by atoms with E-state index in [9.17, 15) is 4.79 Å². The van der Waals surface area contributed by atoms with Crippen LogP contribution in [0.25, 0.3) is 6.08 Å². The number of ketones is 1. The zero-order valence-corrected chi connectivity index (χ0v) is 16.5. The van der Waals surface area contributed by atoms with Crippen molar-refractivity contribution in [2.75, 3.05) is 31.2 Å². The smallest absolute Gasteiger partial charge is 0.185 e. The molecule has 1 saturated heterocycles. The molecule has 28 heavy (non-hydrogen) atoms. The molecule has 1 aliphatic carbocycles. The predicted molar refractivity (Wildman–Crippen MR) is 115 cm³/mol. The highest BCUT2D eigenvalue weighted by Crippen LogP contribution is 2.32. The number of benzene rings is 2. The van der Waals surface area contributed by atoms with Gasteiger partial charge in [0.1, 0.15) is 0 Å². The second-order valence-corrected chi connectivity index (χ2v) is 7.85. The first-order chi connectivity index (χ1) is 13.8. The third-order valence-corrected chi connectivity index (χ3v) is 5.97. The Morgan fingerprint density at radius 1 is 0.893 bits per heavy atom. The van der Waals surface area contributed by atoms with Gasteiger partial charge >= 0.3 is 0 Å². The summed E-state index contributed by atoms with van der Waals surface area (Å²) in [6.07, 6.45) is 10.2. The number of allylic oxidation sites excluding steroid dienone is 1. The van der Waals surface area contributed by atoms with Gasteiger partial charge < -0.3 is 9.64 Å². The number of ether oxygens (including phenoxy) is 1. The van der Waals surface area contributed by atoms with Crippen LogP contribution in [0.1, 0.15) is 59.5 Å². The van der Waals surface area contributed by atoms with Crippen LogP contribution in [0.15, 0.2) is 54.6 Å². The van der Waals surface area contributed by atoms with Crippen molar-refractivity contribution in [2.24, 2.45) is 0 Å². The Morgan fingerprint density at radius 2 is 1.57 bits per heavy atom. The van der Waals surface area contributed by atoms with Crippen molar-refractivity contribution in [1.29, 1.82) is 0 Å². The van der Waals surface area contributed by atoms with Crippen LogP contribution in [0.5, 0.6) is 0 Å². The van der Waals surface area contributed by atoms with Gasteiger partial charge in [0.25, 0.3) is 0 Å². The van der Waals surface area contributed by atoms with Gasteiger partial charge in [0.05, 0.1) is 13.2 Å². The van der Waals surface area contributed by atoms with Crippen molar-refractivity contribution >= 4 is 17.5 Å². The lowest BCUT2D eigenvalue weighted by Gasteiger charge is -2.28. The Morgan fingerprint density at radius 3 is 2.25 bits per heavy atom. The molecule has 3 nitrogen and oxygen atoms in total. The molecule has 2 aromatic rings. The van der Waals surface area contributed by atoms with Crippen LogP contribution in [0.4, 0.5) is 5.69 Å². The Hall–Kier alpha value is -2.39. The molecule has 0 atom stereocenters. The predicted octanol–water partition coefficient (Wildman–Crippen LogP) is 5.47. The summed E-state index contributed by atoms with van der Waals surface area (Å²) in [5, 5.41) is 0. The molecule has 0 radical (unpaired) electrons. The Labute approximate surface area is 168 Å². The number of hydrogen-bond donors (Lipinski definition) is 0. The molecular formula is C25H29NO2. The van der Waals surface area contributed by atoms with E-state index in [2.05, 4.69) is 41.3 Å². The monoisotopic (exact) mass is 375 g/mol. The first-order valence-electron chi connectivity index (χ1n) is 10.5. The van der Waals surface area contributed by atoms with Gasteiger partial charge in [-0.2, -0.15) is 0 Å². The topological polar surface area (TPSA) is 29.5 Å². The van der Waals surface area contributed by atoms with Gasteiger partial charge in [0.15, 0.2) is 5.78 Å². The van der Waals surface area contributed by atoms with Crippen molar-refractivity contribution in [1.82, 2.24) is 0 Å². The third-order valence-electron chi connectivity index (χ3n) is 5.97. The molecule has 1 saturated carbocycles. The molecule has 0 aromatic heterocycles. The maximum atomic E-state index is 12.5. The summed E-state index contributed by atoms with van der Waals surface area (Å²) in [5.41, 5.74) is 4.41. The van der Waals surface area contributed by atoms with Crippen molar-refractivity contribution in [3.05, 3.63) is 71.3 Å². The van der Waals surface area contributed by atoms with Crippen molar-refractivity contribution in [2.45, 2.75) is 38.0 Å². The number of hydrogen-bond acceptors (Lipinski definition) is 3. The molecule has 1 aliphatic heterocycles. The summed E-state index contributed by atoms with van der Waals surface area (Å²) in [6, 6.07) is 16.6. The fourth-order valence-electron chi connectivity index (χ4n) is 4.24. The Kier molecular flexibility index (Phi) is 6.23. The molecule has 1 heterocycles. The quantitative estimate of drug-likeness (QED) is 0.513. The van der Waals surface area contributed by atoms with Gasteiger partial charge in [-0.05, 0) is 48.1 Å². The van der Waals surface area contributed by atoms with Crippen molar-refractivity contribution < 1.29 is 9.53 Å². The van der Waals surface area contributed by atoms with Gasteiger partial charge in [-0.25, -0.2) is 0 Å². The zero-order chi connectivity index (χ0) is 19.2. The van der Waals surface area contributed by atoms with Crippen LogP contribution >= 0.6 is 0 Å². The first-order valence-corrected chi connectivity index (χ1v) is 10.5. The van der Waals surface area contributed by atoms with Crippen LogP contribution < -0.4 is 4.90 Å². The highest BCUT2D eigenvalue weighted by Gasteiger charge is 2.15. The molecule has 0 amide bonds. The molecule has 2 aliphatic rings. The summed E-state index contributed by atoms with van der Waals surface area (Å²) in [4.78, 5) is 14.8. The van der Waals surface area contributed by atoms with Gasteiger partial charge in [-0.1, -0.05) is 61.7 Å². The summed E-state index contributed by atoms with van der Waals surface area (Å²) in [7, 11) is 0. The minimum atomic E-state index is 0.0625. The van der Waals surface area contributed by atoms with Crippen LogP contribution in [0.3, 0.4) is 0 Å². The number of nitrogens with zero attached hydrogens (tertiary/aromatic N) is 1. The fourth-order valence-corrected chi connectivity index (χ4v) is 4.24. The van der Waals surface area contributed by atoms with Crippen LogP contribution in [-0.4, -0.2) is 32.1 Å². The van der Waals surface area contributed by atoms with Crippen LogP contribution in [0, 0.1) is 0 Å². The molecule has 0 N–H and O–H groups in total. The maximum Gasteiger partial charge on any atom is 0.185 e. The van der Waals surface area contributed by atoms with E-state index in [1.54, 1.807) is 6.08 Å². The van der Waals surface area contributed by atoms with E-state index in [0.717, 1.165) is 37.4 Å². The third kappa shape index (κ3) is 4.71. The summed E-state index contributed by atoms with van der Waals surface area (Å²) >= 11 is 0. The fraction of sp³-hybridized carbons (Fsp3) is 0.400. The maximum absolute atomic E-state index is 12.5. The standard InChI is InChI=1S/C25H29NO2/c27-25(23-11-9-22(10-12-23)21-4-2-1-3-5-21)15-8-20-6-13-24(14-7-20)26-16-18-28-19-17-26/h6-15,21H,1-5,16-19H2/b15-8+. The van der Waals surface area contributed by atoms with E-state index in [-0.39, 0.29) is 5.78 Å². The molecule has 4 rings (SSSR count). The SMILES string of the molecule is O=C(/C=C/c1ccc(N2CCOCC2)cc1)c1ccc(C2CCCCC2)cc1. The molecule has 0 unspecified atom stereocenters. The van der Waals surface area contributed by atoms with Crippen LogP contribution in [-0.2, 0) is 4.74 Å². The molecule has 146 valence electrons. The minimum absolute atomic E-state index is 0.0625. The lowest BCUT2D eigenvalue weighted by atomic mass is 9.84. The number of rotatable bonds is 5. The van der Waals surface area contributed by atoms with Gasteiger partial charge in [-0.3, -0.25) is 4.79 Å². The van der Waals surface area contributed by atoms with E-state index in [0.29, 0.717) is 5.92 Å². The molecular weight excluding hydrogens is 346 g/mol. The van der Waals surface area contributed by atoms with Crippen LogP contribution in [0.2, 0.25) is 0 Å². The Bertz CT molecular complexity index is 795. The average molecular weight is 376 g/mol. The zero-order valence-electron chi connectivity index (χ0n) is 16.5.